The smallest absolute Gasteiger partial charge is 0.363 e. The molecule has 0 atom stereocenters. The summed E-state index contributed by atoms with van der Waals surface area (Å²) < 4.78 is 12.7. The van der Waals surface area contributed by atoms with Crippen LogP contribution in [0.25, 0.3) is 17.1 Å². The number of hydrogen-bond acceptors (Lipinski definition) is 7. The number of aromatic nitrogens is 4. The number of rotatable bonds is 5. The van der Waals surface area contributed by atoms with E-state index >= 15 is 0 Å². The fourth-order valence-electron chi connectivity index (χ4n) is 2.77. The molecule has 0 aliphatic rings. The Morgan fingerprint density at radius 3 is 2.70 bits per heavy atom. The Balaban J connectivity index is 1.52. The highest BCUT2D eigenvalue weighted by atomic mass is 79.9. The van der Waals surface area contributed by atoms with Crippen LogP contribution in [0, 0.1) is 6.92 Å². The van der Waals surface area contributed by atoms with Crippen molar-refractivity contribution in [2.75, 3.05) is 0 Å². The first-order chi connectivity index (χ1) is 14.5. The van der Waals surface area contributed by atoms with E-state index in [1.54, 1.807) is 6.92 Å². The van der Waals surface area contributed by atoms with Crippen molar-refractivity contribution in [1.82, 2.24) is 19.9 Å². The monoisotopic (exact) mass is 466 g/mol. The zero-order valence-electron chi connectivity index (χ0n) is 15.8. The molecule has 0 unspecified atom stereocenters. The molecule has 0 saturated heterocycles. The van der Waals surface area contributed by atoms with Gasteiger partial charge in [0.15, 0.2) is 6.61 Å². The highest BCUT2D eigenvalue weighted by Crippen LogP contribution is 2.20. The van der Waals surface area contributed by atoms with E-state index in [9.17, 15) is 9.59 Å². The van der Waals surface area contributed by atoms with Crippen LogP contribution < -0.4 is 5.43 Å². The standard InChI is InChI=1S/C21H15BrN4O4/c1-13-10-17(27)19(24-26(13)16-8-3-2-4-9-16)21(28)29-12-18-23-20(25-30-18)14-6-5-7-15(22)11-14/h2-11H,12H2,1H3. The fourth-order valence-corrected chi connectivity index (χ4v) is 3.17. The number of esters is 1. The van der Waals surface area contributed by atoms with Gasteiger partial charge in [0.2, 0.25) is 16.9 Å². The van der Waals surface area contributed by atoms with Gasteiger partial charge >= 0.3 is 5.97 Å². The van der Waals surface area contributed by atoms with Gasteiger partial charge in [-0.25, -0.2) is 9.48 Å². The maximum Gasteiger partial charge on any atom is 0.363 e. The fraction of sp³-hybridized carbons (Fsp3) is 0.0952. The van der Waals surface area contributed by atoms with E-state index < -0.39 is 11.4 Å². The lowest BCUT2D eigenvalue weighted by Gasteiger charge is -2.10. The Labute approximate surface area is 179 Å². The van der Waals surface area contributed by atoms with Gasteiger partial charge in [-0.1, -0.05) is 51.4 Å². The second kappa shape index (κ2) is 8.42. The molecule has 8 nitrogen and oxygen atoms in total. The Kier molecular flexibility index (Phi) is 5.53. The number of aryl methyl sites for hydroxylation is 1. The summed E-state index contributed by atoms with van der Waals surface area (Å²) in [6.45, 7) is 1.46. The molecule has 2 heterocycles. The molecule has 30 heavy (non-hydrogen) atoms. The Hall–Kier alpha value is -3.59. The zero-order chi connectivity index (χ0) is 21.1. The summed E-state index contributed by atoms with van der Waals surface area (Å²) >= 11 is 3.38. The molecule has 0 N–H and O–H groups in total. The second-order valence-corrected chi connectivity index (χ2v) is 7.26. The largest absolute Gasteiger partial charge is 0.451 e. The normalized spacial score (nSPS) is 10.7. The van der Waals surface area contributed by atoms with Crippen molar-refractivity contribution < 1.29 is 14.1 Å². The molecule has 4 rings (SSSR count). The summed E-state index contributed by atoms with van der Waals surface area (Å²) in [6, 6.07) is 17.9. The molecular weight excluding hydrogens is 452 g/mol. The van der Waals surface area contributed by atoms with Crippen LogP contribution in [0.2, 0.25) is 0 Å². The molecule has 0 radical (unpaired) electrons. The summed E-state index contributed by atoms with van der Waals surface area (Å²) in [5.74, 6) is -0.400. The lowest BCUT2D eigenvalue weighted by atomic mass is 10.2. The second-order valence-electron chi connectivity index (χ2n) is 6.34. The summed E-state index contributed by atoms with van der Waals surface area (Å²) in [5, 5.41) is 8.06. The van der Waals surface area contributed by atoms with Crippen LogP contribution in [0.15, 0.2) is 74.5 Å². The summed E-state index contributed by atoms with van der Waals surface area (Å²) in [5.41, 5.74) is 1.22. The first-order valence-corrected chi connectivity index (χ1v) is 9.72. The zero-order valence-corrected chi connectivity index (χ0v) is 17.4. The highest BCUT2D eigenvalue weighted by molar-refractivity contribution is 9.10. The minimum Gasteiger partial charge on any atom is -0.451 e. The number of carbonyl (C=O) groups excluding carboxylic acids is 1. The van der Waals surface area contributed by atoms with E-state index in [0.717, 1.165) is 15.7 Å². The summed E-state index contributed by atoms with van der Waals surface area (Å²) in [7, 11) is 0. The van der Waals surface area contributed by atoms with Gasteiger partial charge in [-0.05, 0) is 31.2 Å². The molecule has 2 aromatic heterocycles. The molecule has 0 amide bonds. The maximum atomic E-state index is 12.5. The lowest BCUT2D eigenvalue weighted by molar-refractivity contribution is 0.0419. The lowest BCUT2D eigenvalue weighted by Crippen LogP contribution is -2.24. The van der Waals surface area contributed by atoms with Crippen LogP contribution in [-0.4, -0.2) is 25.9 Å². The van der Waals surface area contributed by atoms with E-state index in [1.165, 1.54) is 10.7 Å². The molecule has 4 aromatic rings. The van der Waals surface area contributed by atoms with Crippen LogP contribution in [0.4, 0.5) is 0 Å². The van der Waals surface area contributed by atoms with Gasteiger partial charge in [0.25, 0.3) is 5.89 Å². The van der Waals surface area contributed by atoms with Crippen molar-refractivity contribution in [3.63, 3.8) is 0 Å². The number of hydrogen-bond donors (Lipinski definition) is 0. The highest BCUT2D eigenvalue weighted by Gasteiger charge is 2.18. The van der Waals surface area contributed by atoms with Crippen molar-refractivity contribution in [2.45, 2.75) is 13.5 Å². The van der Waals surface area contributed by atoms with E-state index in [2.05, 4.69) is 31.2 Å². The number of benzene rings is 2. The number of para-hydroxylation sites is 1. The van der Waals surface area contributed by atoms with Crippen molar-refractivity contribution >= 4 is 21.9 Å². The average molecular weight is 467 g/mol. The van der Waals surface area contributed by atoms with Crippen molar-refractivity contribution in [3.8, 4) is 17.1 Å². The first kappa shape index (κ1) is 19.7. The van der Waals surface area contributed by atoms with E-state index in [4.69, 9.17) is 9.26 Å². The number of carbonyl (C=O) groups is 1. The van der Waals surface area contributed by atoms with Crippen LogP contribution in [0.3, 0.4) is 0 Å². The third kappa shape index (κ3) is 4.20. The van der Waals surface area contributed by atoms with Crippen molar-refractivity contribution in [3.05, 3.63) is 92.6 Å². The van der Waals surface area contributed by atoms with Gasteiger partial charge in [0.05, 0.1) is 5.69 Å². The van der Waals surface area contributed by atoms with Gasteiger partial charge in [0, 0.05) is 21.8 Å². The van der Waals surface area contributed by atoms with Gasteiger partial charge in [-0.15, -0.1) is 0 Å². The minimum absolute atomic E-state index is 0.105. The minimum atomic E-state index is -0.869. The van der Waals surface area contributed by atoms with Crippen molar-refractivity contribution in [1.29, 1.82) is 0 Å². The van der Waals surface area contributed by atoms with Gasteiger partial charge in [0.1, 0.15) is 0 Å². The number of ether oxygens (including phenoxy) is 1. The average Bonchev–Trinajstić information content (AvgIpc) is 3.22. The third-order valence-electron chi connectivity index (χ3n) is 4.18. The number of halogens is 1. The van der Waals surface area contributed by atoms with Gasteiger partial charge in [-0.3, -0.25) is 4.79 Å². The summed E-state index contributed by atoms with van der Waals surface area (Å²) in [4.78, 5) is 28.9. The topological polar surface area (TPSA) is 100 Å². The first-order valence-electron chi connectivity index (χ1n) is 8.93. The van der Waals surface area contributed by atoms with Gasteiger partial charge < -0.3 is 9.26 Å². The molecule has 0 spiro atoms. The molecule has 2 aromatic carbocycles. The molecule has 150 valence electrons. The molecule has 9 heteroatoms. The van der Waals surface area contributed by atoms with Gasteiger partial charge in [-0.2, -0.15) is 10.1 Å². The van der Waals surface area contributed by atoms with Crippen LogP contribution in [0.1, 0.15) is 22.1 Å². The molecule has 0 aliphatic heterocycles. The molecule has 0 aliphatic carbocycles. The Morgan fingerprint density at radius 1 is 1.13 bits per heavy atom. The predicted octanol–water partition coefficient (Wildman–Crippen LogP) is 3.71. The third-order valence-corrected chi connectivity index (χ3v) is 4.67. The number of nitrogens with zero attached hydrogens (tertiary/aromatic N) is 4. The molecule has 0 fully saturated rings. The maximum absolute atomic E-state index is 12.5. The van der Waals surface area contributed by atoms with Crippen LogP contribution in [0.5, 0.6) is 0 Å². The summed E-state index contributed by atoms with van der Waals surface area (Å²) in [6.07, 6.45) is 0. The van der Waals surface area contributed by atoms with Crippen molar-refractivity contribution in [2.24, 2.45) is 0 Å². The van der Waals surface area contributed by atoms with E-state index in [1.807, 2.05) is 54.6 Å². The Bertz CT molecular complexity index is 1270. The molecule has 0 bridgehead atoms. The predicted molar refractivity (Wildman–Crippen MR) is 111 cm³/mol. The van der Waals surface area contributed by atoms with Crippen LogP contribution in [-0.2, 0) is 11.3 Å². The Morgan fingerprint density at radius 2 is 1.93 bits per heavy atom. The van der Waals surface area contributed by atoms with Crippen LogP contribution >= 0.6 is 15.9 Å². The SMILES string of the molecule is Cc1cc(=O)c(C(=O)OCc2nc(-c3cccc(Br)c3)no2)nn1-c1ccccc1. The quantitative estimate of drug-likeness (QED) is 0.413. The van der Waals surface area contributed by atoms with E-state index in [-0.39, 0.29) is 18.2 Å². The molecular formula is C21H15BrN4O4. The molecule has 0 saturated carbocycles. The van der Waals surface area contributed by atoms with E-state index in [0.29, 0.717) is 11.5 Å².